The molecular formula is C19H17FN2O2. The van der Waals surface area contributed by atoms with Gasteiger partial charge in [-0.1, -0.05) is 18.2 Å². The largest absolute Gasteiger partial charge is 0.464 e. The van der Waals surface area contributed by atoms with Crippen LogP contribution in [0.25, 0.3) is 10.9 Å². The van der Waals surface area contributed by atoms with Crippen LogP contribution in [0, 0.1) is 19.7 Å². The van der Waals surface area contributed by atoms with E-state index in [2.05, 4.69) is 10.3 Å². The molecule has 0 radical (unpaired) electrons. The number of nitrogens with one attached hydrogen (secondary N) is 1. The molecule has 0 unspecified atom stereocenters. The van der Waals surface area contributed by atoms with E-state index < -0.39 is 5.97 Å². The summed E-state index contributed by atoms with van der Waals surface area (Å²) in [5.41, 5.74) is 4.16. The first-order valence-electron chi connectivity index (χ1n) is 7.51. The van der Waals surface area contributed by atoms with Crippen molar-refractivity contribution in [3.8, 4) is 0 Å². The van der Waals surface area contributed by atoms with Crippen molar-refractivity contribution in [2.75, 3.05) is 12.4 Å². The number of anilines is 2. The molecule has 1 aromatic heterocycles. The van der Waals surface area contributed by atoms with Crippen molar-refractivity contribution in [2.45, 2.75) is 13.8 Å². The van der Waals surface area contributed by atoms with Crippen LogP contribution in [0.3, 0.4) is 0 Å². The third kappa shape index (κ3) is 2.93. The number of pyridine rings is 1. The van der Waals surface area contributed by atoms with Gasteiger partial charge in [0.15, 0.2) is 5.69 Å². The zero-order valence-corrected chi connectivity index (χ0v) is 13.7. The molecule has 0 atom stereocenters. The van der Waals surface area contributed by atoms with Crippen LogP contribution in [0.4, 0.5) is 15.8 Å². The van der Waals surface area contributed by atoms with Crippen LogP contribution in [0.15, 0.2) is 42.5 Å². The van der Waals surface area contributed by atoms with Gasteiger partial charge in [0.05, 0.1) is 18.3 Å². The molecule has 0 saturated carbocycles. The number of hydrogen-bond acceptors (Lipinski definition) is 4. The summed E-state index contributed by atoms with van der Waals surface area (Å²) in [6, 6.07) is 12.0. The fourth-order valence-electron chi connectivity index (χ4n) is 2.62. The summed E-state index contributed by atoms with van der Waals surface area (Å²) in [6.07, 6.45) is 0. The summed E-state index contributed by atoms with van der Waals surface area (Å²) in [4.78, 5) is 16.3. The first-order valence-corrected chi connectivity index (χ1v) is 7.51. The number of hydrogen-bond donors (Lipinski definition) is 1. The Hall–Kier alpha value is -2.95. The van der Waals surface area contributed by atoms with Crippen molar-refractivity contribution in [2.24, 2.45) is 0 Å². The Morgan fingerprint density at radius 1 is 1.08 bits per heavy atom. The van der Waals surface area contributed by atoms with E-state index in [9.17, 15) is 9.18 Å². The van der Waals surface area contributed by atoms with Crippen molar-refractivity contribution in [1.82, 2.24) is 4.98 Å². The number of carbonyl (C=O) groups excluding carboxylic acids is 1. The molecule has 0 saturated heterocycles. The number of para-hydroxylation sites is 1. The molecular weight excluding hydrogens is 307 g/mol. The number of aryl methyl sites for hydroxylation is 2. The van der Waals surface area contributed by atoms with E-state index in [1.54, 1.807) is 12.1 Å². The molecule has 1 N–H and O–H groups in total. The highest BCUT2D eigenvalue weighted by atomic mass is 19.1. The van der Waals surface area contributed by atoms with Gasteiger partial charge in [0.25, 0.3) is 0 Å². The van der Waals surface area contributed by atoms with E-state index in [-0.39, 0.29) is 11.5 Å². The molecule has 0 aliphatic carbocycles. The van der Waals surface area contributed by atoms with Gasteiger partial charge in [0.1, 0.15) is 5.82 Å². The third-order valence-electron chi connectivity index (χ3n) is 3.89. The molecule has 0 amide bonds. The molecule has 3 rings (SSSR count). The van der Waals surface area contributed by atoms with Crippen LogP contribution in [-0.2, 0) is 4.74 Å². The van der Waals surface area contributed by atoms with Crippen LogP contribution < -0.4 is 5.32 Å². The van der Waals surface area contributed by atoms with Crippen LogP contribution in [0.2, 0.25) is 0 Å². The number of methoxy groups -OCH3 is 1. The number of halogens is 1. The number of nitrogens with zero attached hydrogens (tertiary/aromatic N) is 1. The summed E-state index contributed by atoms with van der Waals surface area (Å²) in [5.74, 6) is -0.789. The second-order valence-corrected chi connectivity index (χ2v) is 5.60. The predicted octanol–water partition coefficient (Wildman–Crippen LogP) is 4.52. The molecule has 0 bridgehead atoms. The van der Waals surface area contributed by atoms with E-state index in [1.807, 2.05) is 32.0 Å². The highest BCUT2D eigenvalue weighted by molar-refractivity contribution is 5.99. The van der Waals surface area contributed by atoms with E-state index in [0.717, 1.165) is 33.4 Å². The van der Waals surface area contributed by atoms with Gasteiger partial charge in [0, 0.05) is 11.1 Å². The molecule has 24 heavy (non-hydrogen) atoms. The van der Waals surface area contributed by atoms with Crippen molar-refractivity contribution in [3.05, 3.63) is 65.1 Å². The monoisotopic (exact) mass is 324 g/mol. The van der Waals surface area contributed by atoms with Gasteiger partial charge in [-0.3, -0.25) is 0 Å². The second kappa shape index (κ2) is 6.28. The van der Waals surface area contributed by atoms with Crippen LogP contribution in [-0.4, -0.2) is 18.1 Å². The highest BCUT2D eigenvalue weighted by Crippen LogP contribution is 2.30. The van der Waals surface area contributed by atoms with Gasteiger partial charge in [-0.05, 0) is 49.2 Å². The summed E-state index contributed by atoms with van der Waals surface area (Å²) in [6.45, 7) is 3.75. The number of benzene rings is 2. The van der Waals surface area contributed by atoms with Crippen LogP contribution >= 0.6 is 0 Å². The minimum atomic E-state index is -0.501. The quantitative estimate of drug-likeness (QED) is 0.720. The summed E-state index contributed by atoms with van der Waals surface area (Å²) in [7, 11) is 1.32. The molecule has 0 aliphatic rings. The number of ether oxygens (including phenoxy) is 1. The molecule has 0 fully saturated rings. The Bertz CT molecular complexity index is 938. The normalized spacial score (nSPS) is 10.7. The Kier molecular flexibility index (Phi) is 4.16. The van der Waals surface area contributed by atoms with Crippen molar-refractivity contribution in [1.29, 1.82) is 0 Å². The number of carbonyl (C=O) groups is 1. The van der Waals surface area contributed by atoms with Gasteiger partial charge >= 0.3 is 5.97 Å². The molecule has 122 valence electrons. The lowest BCUT2D eigenvalue weighted by atomic mass is 10.1. The first-order chi connectivity index (χ1) is 11.5. The molecule has 1 heterocycles. The maximum Gasteiger partial charge on any atom is 0.356 e. The van der Waals surface area contributed by atoms with Crippen LogP contribution in [0.1, 0.15) is 21.6 Å². The third-order valence-corrected chi connectivity index (χ3v) is 3.89. The van der Waals surface area contributed by atoms with E-state index in [4.69, 9.17) is 4.74 Å². The lowest BCUT2D eigenvalue weighted by Gasteiger charge is -2.14. The standard InChI is InChI=1S/C19H17FN2O2/c1-11-5-4-6-14-16(10-17(19(23)24-3)22-18(11)14)21-15-8-7-13(20)9-12(15)2/h4-10H,1-3H3,(H,21,22). The zero-order valence-electron chi connectivity index (χ0n) is 13.7. The maximum atomic E-state index is 13.3. The van der Waals surface area contributed by atoms with Gasteiger partial charge in [-0.25, -0.2) is 14.2 Å². The average Bonchev–Trinajstić information content (AvgIpc) is 2.57. The summed E-state index contributed by atoms with van der Waals surface area (Å²) in [5, 5.41) is 4.16. The molecule has 0 spiro atoms. The Balaban J connectivity index is 2.18. The van der Waals surface area contributed by atoms with Gasteiger partial charge in [0.2, 0.25) is 0 Å². The molecule has 0 aliphatic heterocycles. The van der Waals surface area contributed by atoms with Crippen LogP contribution in [0.5, 0.6) is 0 Å². The molecule has 2 aromatic carbocycles. The number of rotatable bonds is 3. The van der Waals surface area contributed by atoms with Crippen molar-refractivity contribution < 1.29 is 13.9 Å². The first kappa shape index (κ1) is 15.9. The Labute approximate surface area is 139 Å². The summed E-state index contributed by atoms with van der Waals surface area (Å²) < 4.78 is 18.1. The Morgan fingerprint density at radius 2 is 1.88 bits per heavy atom. The highest BCUT2D eigenvalue weighted by Gasteiger charge is 2.14. The average molecular weight is 324 g/mol. The van der Waals surface area contributed by atoms with Crippen molar-refractivity contribution in [3.63, 3.8) is 0 Å². The zero-order chi connectivity index (χ0) is 17.3. The lowest BCUT2D eigenvalue weighted by molar-refractivity contribution is 0.0594. The number of fused-ring (bicyclic) bond motifs is 1. The van der Waals surface area contributed by atoms with E-state index >= 15 is 0 Å². The van der Waals surface area contributed by atoms with Gasteiger partial charge in [-0.15, -0.1) is 0 Å². The fourth-order valence-corrected chi connectivity index (χ4v) is 2.62. The van der Waals surface area contributed by atoms with Gasteiger partial charge in [-0.2, -0.15) is 0 Å². The minimum Gasteiger partial charge on any atom is -0.464 e. The molecule has 5 heteroatoms. The smallest absolute Gasteiger partial charge is 0.356 e. The van der Waals surface area contributed by atoms with Crippen molar-refractivity contribution >= 4 is 28.2 Å². The number of esters is 1. The number of aromatic nitrogens is 1. The molecule has 4 nitrogen and oxygen atoms in total. The van der Waals surface area contributed by atoms with Gasteiger partial charge < -0.3 is 10.1 Å². The predicted molar refractivity (Wildman–Crippen MR) is 92.2 cm³/mol. The Morgan fingerprint density at radius 3 is 2.58 bits per heavy atom. The summed E-state index contributed by atoms with van der Waals surface area (Å²) >= 11 is 0. The maximum absolute atomic E-state index is 13.3. The minimum absolute atomic E-state index is 0.224. The second-order valence-electron chi connectivity index (χ2n) is 5.60. The fraction of sp³-hybridized carbons (Fsp3) is 0.158. The SMILES string of the molecule is COC(=O)c1cc(Nc2ccc(F)cc2C)c2cccc(C)c2n1. The molecule has 3 aromatic rings. The van der Waals surface area contributed by atoms with E-state index in [1.165, 1.54) is 19.2 Å². The topological polar surface area (TPSA) is 51.2 Å². The van der Waals surface area contributed by atoms with E-state index in [0.29, 0.717) is 0 Å². The lowest BCUT2D eigenvalue weighted by Crippen LogP contribution is -2.06.